The highest BCUT2D eigenvalue weighted by Gasteiger charge is 2.25. The molecule has 0 saturated carbocycles. The maximum absolute atomic E-state index is 12.5. The van der Waals surface area contributed by atoms with E-state index in [1.807, 2.05) is 0 Å². The molecular formula is C19H20N2O5. The number of carboxylic acids is 1. The van der Waals surface area contributed by atoms with Gasteiger partial charge in [-0.25, -0.2) is 0 Å². The topological polar surface area (TPSA) is 116 Å². The second-order valence-corrected chi connectivity index (χ2v) is 5.83. The number of aliphatic carboxylic acids is 1. The van der Waals surface area contributed by atoms with Gasteiger partial charge in [-0.1, -0.05) is 30.3 Å². The Bertz CT molecular complexity index is 774. The van der Waals surface area contributed by atoms with Crippen LogP contribution in [0.1, 0.15) is 22.8 Å². The van der Waals surface area contributed by atoms with Gasteiger partial charge in [-0.15, -0.1) is 0 Å². The molecule has 0 unspecified atom stereocenters. The Hall–Kier alpha value is -3.35. The quantitative estimate of drug-likeness (QED) is 0.597. The van der Waals surface area contributed by atoms with Crippen LogP contribution in [0.25, 0.3) is 0 Å². The molecular weight excluding hydrogens is 336 g/mol. The molecule has 7 heteroatoms. The van der Waals surface area contributed by atoms with E-state index in [0.717, 1.165) is 0 Å². The molecule has 136 valence electrons. The molecule has 2 rings (SSSR count). The minimum absolute atomic E-state index is 0.0857. The Balaban J connectivity index is 2.17. The number of carbonyl (C=O) groups excluding carboxylic acids is 2. The lowest BCUT2D eigenvalue weighted by Crippen LogP contribution is -2.51. The van der Waals surface area contributed by atoms with Crippen molar-refractivity contribution < 1.29 is 24.6 Å². The summed E-state index contributed by atoms with van der Waals surface area (Å²) in [7, 11) is 0. The molecule has 0 saturated heterocycles. The Morgan fingerprint density at radius 3 is 2.15 bits per heavy atom. The van der Waals surface area contributed by atoms with Crippen molar-refractivity contribution in [3.8, 4) is 5.75 Å². The van der Waals surface area contributed by atoms with Crippen LogP contribution in [0.15, 0.2) is 54.6 Å². The number of phenols is 1. The molecule has 0 aliphatic carbocycles. The lowest BCUT2D eigenvalue weighted by molar-refractivity contribution is -0.141. The minimum Gasteiger partial charge on any atom is -0.508 e. The highest BCUT2D eigenvalue weighted by Crippen LogP contribution is 2.12. The number of nitrogens with one attached hydrogen (secondary N) is 2. The molecule has 2 atom stereocenters. The van der Waals surface area contributed by atoms with E-state index in [2.05, 4.69) is 10.6 Å². The lowest BCUT2D eigenvalue weighted by atomic mass is 10.0. The molecule has 0 radical (unpaired) electrons. The fourth-order valence-corrected chi connectivity index (χ4v) is 2.28. The van der Waals surface area contributed by atoms with Gasteiger partial charge < -0.3 is 20.8 Å². The average molecular weight is 356 g/mol. The number of benzene rings is 2. The first-order valence-corrected chi connectivity index (χ1v) is 8.04. The van der Waals surface area contributed by atoms with E-state index in [0.29, 0.717) is 11.1 Å². The van der Waals surface area contributed by atoms with Crippen LogP contribution >= 0.6 is 0 Å². The highest BCUT2D eigenvalue weighted by atomic mass is 16.4. The first-order valence-electron chi connectivity index (χ1n) is 8.04. The molecule has 0 aliphatic rings. The Morgan fingerprint density at radius 2 is 1.58 bits per heavy atom. The van der Waals surface area contributed by atoms with Gasteiger partial charge in [0.2, 0.25) is 5.91 Å². The second kappa shape index (κ2) is 8.66. The van der Waals surface area contributed by atoms with Gasteiger partial charge >= 0.3 is 5.97 Å². The van der Waals surface area contributed by atoms with Crippen molar-refractivity contribution in [3.63, 3.8) is 0 Å². The largest absolute Gasteiger partial charge is 0.508 e. The van der Waals surface area contributed by atoms with E-state index in [-0.39, 0.29) is 12.2 Å². The van der Waals surface area contributed by atoms with Gasteiger partial charge in [0.1, 0.15) is 17.8 Å². The van der Waals surface area contributed by atoms with Crippen molar-refractivity contribution in [2.45, 2.75) is 25.4 Å². The van der Waals surface area contributed by atoms with Crippen molar-refractivity contribution in [3.05, 3.63) is 65.7 Å². The van der Waals surface area contributed by atoms with E-state index in [9.17, 15) is 19.5 Å². The summed E-state index contributed by atoms with van der Waals surface area (Å²) in [5, 5.41) is 23.3. The third-order valence-corrected chi connectivity index (χ3v) is 3.76. The predicted octanol–water partition coefficient (Wildman–Crippen LogP) is 1.32. The molecule has 2 aromatic rings. The van der Waals surface area contributed by atoms with Crippen LogP contribution in [0.3, 0.4) is 0 Å². The summed E-state index contributed by atoms with van der Waals surface area (Å²) >= 11 is 0. The molecule has 4 N–H and O–H groups in total. The summed E-state index contributed by atoms with van der Waals surface area (Å²) in [6, 6.07) is 12.6. The fourth-order valence-electron chi connectivity index (χ4n) is 2.28. The van der Waals surface area contributed by atoms with E-state index in [4.69, 9.17) is 5.11 Å². The SMILES string of the molecule is C[C@H](NC(=O)[C@H](Cc1ccc(O)cc1)NC(=O)c1ccccc1)C(=O)O. The molecule has 0 aliphatic heterocycles. The fraction of sp³-hybridized carbons (Fsp3) is 0.211. The van der Waals surface area contributed by atoms with Crippen LogP contribution in [-0.4, -0.2) is 40.1 Å². The number of rotatable bonds is 7. The molecule has 7 nitrogen and oxygen atoms in total. The second-order valence-electron chi connectivity index (χ2n) is 5.83. The molecule has 26 heavy (non-hydrogen) atoms. The summed E-state index contributed by atoms with van der Waals surface area (Å²) in [6.45, 7) is 1.34. The zero-order chi connectivity index (χ0) is 19.1. The Kier molecular flexibility index (Phi) is 6.32. The molecule has 0 aromatic heterocycles. The maximum atomic E-state index is 12.5. The third kappa shape index (κ3) is 5.34. The lowest BCUT2D eigenvalue weighted by Gasteiger charge is -2.20. The zero-order valence-electron chi connectivity index (χ0n) is 14.2. The summed E-state index contributed by atoms with van der Waals surface area (Å²) < 4.78 is 0. The van der Waals surface area contributed by atoms with Crippen LogP contribution in [0.5, 0.6) is 5.75 Å². The van der Waals surface area contributed by atoms with E-state index >= 15 is 0 Å². The summed E-state index contributed by atoms with van der Waals surface area (Å²) in [6.07, 6.45) is 0.150. The minimum atomic E-state index is -1.17. The van der Waals surface area contributed by atoms with Gasteiger partial charge in [0.25, 0.3) is 5.91 Å². The highest BCUT2D eigenvalue weighted by molar-refractivity contribution is 5.98. The number of hydrogen-bond donors (Lipinski definition) is 4. The predicted molar refractivity (Wildman–Crippen MR) is 94.7 cm³/mol. The van der Waals surface area contributed by atoms with Crippen LogP contribution in [0.4, 0.5) is 0 Å². The van der Waals surface area contributed by atoms with Crippen molar-refractivity contribution in [1.29, 1.82) is 0 Å². The third-order valence-electron chi connectivity index (χ3n) is 3.76. The van der Waals surface area contributed by atoms with Gasteiger partial charge in [-0.3, -0.25) is 14.4 Å². The number of aromatic hydroxyl groups is 1. The number of hydrogen-bond acceptors (Lipinski definition) is 4. The van der Waals surface area contributed by atoms with Gasteiger partial charge in [0.15, 0.2) is 0 Å². The Labute approximate surface area is 150 Å². The van der Waals surface area contributed by atoms with Crippen LogP contribution in [0.2, 0.25) is 0 Å². The van der Waals surface area contributed by atoms with Crippen LogP contribution < -0.4 is 10.6 Å². The van der Waals surface area contributed by atoms with Gasteiger partial charge in [-0.2, -0.15) is 0 Å². The van der Waals surface area contributed by atoms with Crippen LogP contribution in [0, 0.1) is 0 Å². The van der Waals surface area contributed by atoms with Crippen molar-refractivity contribution in [2.75, 3.05) is 0 Å². The number of carbonyl (C=O) groups is 3. The van der Waals surface area contributed by atoms with Gasteiger partial charge in [0.05, 0.1) is 0 Å². The standard InChI is InChI=1S/C19H20N2O5/c1-12(19(25)26)20-18(24)16(11-13-7-9-15(22)10-8-13)21-17(23)14-5-3-2-4-6-14/h2-10,12,16,22H,11H2,1H3,(H,20,24)(H,21,23)(H,25,26)/t12-,16-/m0/s1. The molecule has 0 heterocycles. The van der Waals surface area contributed by atoms with Gasteiger partial charge in [0, 0.05) is 12.0 Å². The molecule has 2 aromatic carbocycles. The van der Waals surface area contributed by atoms with Crippen molar-refractivity contribution in [1.82, 2.24) is 10.6 Å². The zero-order valence-corrected chi connectivity index (χ0v) is 14.2. The van der Waals surface area contributed by atoms with Gasteiger partial charge in [-0.05, 0) is 36.8 Å². The first-order chi connectivity index (χ1) is 12.4. The van der Waals surface area contributed by atoms with E-state index in [1.165, 1.54) is 19.1 Å². The average Bonchev–Trinajstić information content (AvgIpc) is 2.63. The maximum Gasteiger partial charge on any atom is 0.325 e. The molecule has 0 bridgehead atoms. The van der Waals surface area contributed by atoms with E-state index < -0.39 is 29.9 Å². The molecule has 2 amide bonds. The van der Waals surface area contributed by atoms with Crippen LogP contribution in [-0.2, 0) is 16.0 Å². The normalized spacial score (nSPS) is 12.7. The van der Waals surface area contributed by atoms with Crippen molar-refractivity contribution in [2.24, 2.45) is 0 Å². The Morgan fingerprint density at radius 1 is 0.962 bits per heavy atom. The summed E-state index contributed by atoms with van der Waals surface area (Å²) in [5.74, 6) is -2.12. The van der Waals surface area contributed by atoms with Crippen molar-refractivity contribution >= 4 is 17.8 Å². The summed E-state index contributed by atoms with van der Waals surface area (Å²) in [4.78, 5) is 35.8. The number of amides is 2. The number of phenolic OH excluding ortho intramolecular Hbond substituents is 1. The molecule has 0 spiro atoms. The summed E-state index contributed by atoms with van der Waals surface area (Å²) in [5.41, 5.74) is 1.10. The van der Waals surface area contributed by atoms with E-state index in [1.54, 1.807) is 42.5 Å². The smallest absolute Gasteiger partial charge is 0.325 e. The number of carboxylic acid groups (broad SMARTS) is 1. The molecule has 0 fully saturated rings. The monoisotopic (exact) mass is 356 g/mol. The first kappa shape index (κ1) is 19.0.